The van der Waals surface area contributed by atoms with Gasteiger partial charge in [-0.25, -0.2) is 4.39 Å². The third kappa shape index (κ3) is 2.34. The Kier molecular flexibility index (Phi) is 4.45. The molecule has 0 aliphatic heterocycles. The van der Waals surface area contributed by atoms with Crippen molar-refractivity contribution in [2.75, 3.05) is 12.4 Å². The van der Waals surface area contributed by atoms with Crippen LogP contribution >= 0.6 is 28.3 Å². The molecular weight excluding hydrogens is 232 g/mol. The maximum absolute atomic E-state index is 12.8. The van der Waals surface area contributed by atoms with Gasteiger partial charge in [0.2, 0.25) is 0 Å². The van der Waals surface area contributed by atoms with Crippen LogP contribution in [0.2, 0.25) is 0 Å². The lowest BCUT2D eigenvalue weighted by Crippen LogP contribution is -1.92. The molecule has 4 heteroatoms. The highest BCUT2D eigenvalue weighted by Crippen LogP contribution is 2.23. The third-order valence-corrected chi connectivity index (χ3v) is 1.87. The van der Waals surface area contributed by atoms with E-state index < -0.39 is 0 Å². The zero-order valence-corrected chi connectivity index (χ0v) is 8.30. The van der Waals surface area contributed by atoms with E-state index in [4.69, 9.17) is 0 Å². The number of halogens is 3. The van der Waals surface area contributed by atoms with Crippen molar-refractivity contribution in [3.05, 3.63) is 28.5 Å². The molecule has 1 rings (SSSR count). The number of hydrogen-bond donors (Lipinski definition) is 1. The predicted molar refractivity (Wildman–Crippen MR) is 50.9 cm³/mol. The first-order valence-corrected chi connectivity index (χ1v) is 3.66. The van der Waals surface area contributed by atoms with E-state index in [1.165, 1.54) is 6.07 Å². The number of rotatable bonds is 1. The van der Waals surface area contributed by atoms with Gasteiger partial charge in [-0.15, -0.1) is 12.4 Å². The Morgan fingerprint density at radius 2 is 2.09 bits per heavy atom. The van der Waals surface area contributed by atoms with Crippen LogP contribution in [0.3, 0.4) is 0 Å². The van der Waals surface area contributed by atoms with Crippen LogP contribution in [0.5, 0.6) is 0 Å². The first-order valence-electron chi connectivity index (χ1n) is 2.87. The average Bonchev–Trinajstić information content (AvgIpc) is 1.88. The predicted octanol–water partition coefficient (Wildman–Crippen LogP) is 3.05. The highest BCUT2D eigenvalue weighted by Gasteiger charge is 2.01. The molecule has 0 atom stereocenters. The monoisotopic (exact) mass is 239 g/mol. The number of para-hydroxylation sites is 1. The molecule has 0 radical (unpaired) electrons. The van der Waals surface area contributed by atoms with Gasteiger partial charge < -0.3 is 5.32 Å². The molecule has 0 bridgehead atoms. The van der Waals surface area contributed by atoms with Crippen LogP contribution in [0.15, 0.2) is 22.7 Å². The molecule has 1 aromatic rings. The van der Waals surface area contributed by atoms with E-state index in [1.54, 1.807) is 19.2 Å². The highest BCUT2D eigenvalue weighted by atomic mass is 79.9. The Balaban J connectivity index is 0.000001000. The molecule has 0 unspecified atom stereocenters. The fourth-order valence-corrected chi connectivity index (χ4v) is 1.28. The smallest absolute Gasteiger partial charge is 0.147 e. The maximum atomic E-state index is 12.8. The number of nitrogens with one attached hydrogen (secondary N) is 1. The van der Waals surface area contributed by atoms with Gasteiger partial charge in [0.05, 0.1) is 5.69 Å². The van der Waals surface area contributed by atoms with Gasteiger partial charge in [0.15, 0.2) is 0 Å². The zero-order chi connectivity index (χ0) is 7.56. The first kappa shape index (κ1) is 10.7. The molecule has 0 aromatic heterocycles. The van der Waals surface area contributed by atoms with Crippen LogP contribution < -0.4 is 5.32 Å². The van der Waals surface area contributed by atoms with Crippen molar-refractivity contribution in [1.29, 1.82) is 0 Å². The number of hydrogen-bond acceptors (Lipinski definition) is 1. The van der Waals surface area contributed by atoms with Crippen LogP contribution in [0.4, 0.5) is 10.1 Å². The molecule has 11 heavy (non-hydrogen) atoms. The van der Waals surface area contributed by atoms with E-state index in [9.17, 15) is 4.39 Å². The van der Waals surface area contributed by atoms with Gasteiger partial charge in [-0.3, -0.25) is 0 Å². The summed E-state index contributed by atoms with van der Waals surface area (Å²) in [5.41, 5.74) is 0.502. The molecule has 0 spiro atoms. The van der Waals surface area contributed by atoms with Gasteiger partial charge in [-0.05, 0) is 28.1 Å². The molecule has 0 saturated carbocycles. The summed E-state index contributed by atoms with van der Waals surface area (Å²) in [6.45, 7) is 0. The second kappa shape index (κ2) is 4.57. The summed E-state index contributed by atoms with van der Waals surface area (Å²) in [5, 5.41) is 2.74. The Labute approximate surface area is 79.5 Å². The summed E-state index contributed by atoms with van der Waals surface area (Å²) in [7, 11) is 1.68. The fourth-order valence-electron chi connectivity index (χ4n) is 0.737. The van der Waals surface area contributed by atoms with Crippen LogP contribution in [-0.4, -0.2) is 7.05 Å². The maximum Gasteiger partial charge on any atom is 0.147 e. The molecule has 0 amide bonds. The van der Waals surface area contributed by atoms with Crippen molar-refractivity contribution in [1.82, 2.24) is 0 Å². The van der Waals surface area contributed by atoms with Gasteiger partial charge in [-0.2, -0.15) is 0 Å². The molecule has 0 heterocycles. The molecular formula is C7H8BrClFN. The summed E-state index contributed by atoms with van der Waals surface area (Å²) in [6.07, 6.45) is 0. The Morgan fingerprint density at radius 3 is 2.45 bits per heavy atom. The number of benzene rings is 1. The summed E-state index contributed by atoms with van der Waals surface area (Å²) >= 11 is 3.20. The molecule has 0 aliphatic rings. The quantitative estimate of drug-likeness (QED) is 0.795. The lowest BCUT2D eigenvalue weighted by atomic mass is 10.3. The molecule has 0 aliphatic carbocycles. The van der Waals surface area contributed by atoms with E-state index in [0.717, 1.165) is 4.47 Å². The van der Waals surface area contributed by atoms with Crippen LogP contribution in [0.25, 0.3) is 0 Å². The van der Waals surface area contributed by atoms with E-state index in [0.29, 0.717) is 5.69 Å². The van der Waals surface area contributed by atoms with E-state index >= 15 is 0 Å². The zero-order valence-electron chi connectivity index (χ0n) is 5.90. The molecule has 1 aromatic carbocycles. The van der Waals surface area contributed by atoms with Crippen molar-refractivity contribution in [3.8, 4) is 0 Å². The topological polar surface area (TPSA) is 12.0 Å². The second-order valence-electron chi connectivity index (χ2n) is 1.85. The van der Waals surface area contributed by atoms with Gasteiger partial charge in [0.25, 0.3) is 0 Å². The van der Waals surface area contributed by atoms with Crippen molar-refractivity contribution in [2.45, 2.75) is 0 Å². The minimum Gasteiger partial charge on any atom is -0.385 e. The van der Waals surface area contributed by atoms with Crippen LogP contribution in [-0.2, 0) is 0 Å². The molecule has 62 valence electrons. The normalized spacial score (nSPS) is 8.64. The summed E-state index contributed by atoms with van der Waals surface area (Å²) in [4.78, 5) is 0. The van der Waals surface area contributed by atoms with Crippen molar-refractivity contribution >= 4 is 34.0 Å². The highest BCUT2D eigenvalue weighted by molar-refractivity contribution is 9.10. The van der Waals surface area contributed by atoms with E-state index in [1.807, 2.05) is 0 Å². The van der Waals surface area contributed by atoms with Crippen LogP contribution in [0.1, 0.15) is 0 Å². The standard InChI is InChI=1S/C7H7BrFN.ClH/c1-10-7-5(8)3-2-4-6(7)9;/h2-4,10H,1H3;1H. The van der Waals surface area contributed by atoms with Gasteiger partial charge in [-0.1, -0.05) is 6.07 Å². The first-order chi connectivity index (χ1) is 4.75. The third-order valence-electron chi connectivity index (χ3n) is 1.21. The minimum absolute atomic E-state index is 0. The summed E-state index contributed by atoms with van der Waals surface area (Å²) in [6, 6.07) is 4.85. The van der Waals surface area contributed by atoms with Crippen LogP contribution in [0, 0.1) is 5.82 Å². The Hall–Kier alpha value is -0.280. The molecule has 1 nitrogen and oxygen atoms in total. The SMILES string of the molecule is CNc1c(F)cccc1Br.Cl. The van der Waals surface area contributed by atoms with Crippen molar-refractivity contribution in [3.63, 3.8) is 0 Å². The Morgan fingerprint density at radius 1 is 1.45 bits per heavy atom. The number of anilines is 1. The average molecular weight is 241 g/mol. The lowest BCUT2D eigenvalue weighted by Gasteiger charge is -2.02. The van der Waals surface area contributed by atoms with E-state index in [-0.39, 0.29) is 18.2 Å². The lowest BCUT2D eigenvalue weighted by molar-refractivity contribution is 0.630. The molecule has 1 N–H and O–H groups in total. The van der Waals surface area contributed by atoms with Gasteiger partial charge in [0.1, 0.15) is 5.82 Å². The summed E-state index contributed by atoms with van der Waals surface area (Å²) < 4.78 is 13.5. The minimum atomic E-state index is -0.239. The van der Waals surface area contributed by atoms with E-state index in [2.05, 4.69) is 21.2 Å². The molecule has 0 fully saturated rings. The summed E-state index contributed by atoms with van der Waals surface area (Å²) in [5.74, 6) is -0.239. The van der Waals surface area contributed by atoms with Gasteiger partial charge in [0, 0.05) is 11.5 Å². The largest absolute Gasteiger partial charge is 0.385 e. The van der Waals surface area contributed by atoms with Gasteiger partial charge >= 0.3 is 0 Å². The fraction of sp³-hybridized carbons (Fsp3) is 0.143. The molecule has 0 saturated heterocycles. The second-order valence-corrected chi connectivity index (χ2v) is 2.70. The Bertz CT molecular complexity index is 222. The van der Waals surface area contributed by atoms with Crippen molar-refractivity contribution < 1.29 is 4.39 Å². The van der Waals surface area contributed by atoms with Crippen molar-refractivity contribution in [2.24, 2.45) is 0 Å².